The molecule has 1 atom stereocenters. The molecule has 2 aromatic carbocycles. The number of ether oxygens (including phenoxy) is 1. The van der Waals surface area contributed by atoms with Crippen LogP contribution in [0.15, 0.2) is 54.6 Å². The smallest absolute Gasteiger partial charge is 0.407 e. The highest BCUT2D eigenvalue weighted by molar-refractivity contribution is 5.83. The van der Waals surface area contributed by atoms with Crippen LogP contribution in [0.25, 0.3) is 0 Å². The first-order valence-corrected chi connectivity index (χ1v) is 11.7. The maximum atomic E-state index is 12.2. The lowest BCUT2D eigenvalue weighted by Crippen LogP contribution is -2.42. The van der Waals surface area contributed by atoms with Crippen molar-refractivity contribution >= 4 is 18.0 Å². The van der Waals surface area contributed by atoms with Gasteiger partial charge in [-0.2, -0.15) is 0 Å². The third-order valence-corrected chi connectivity index (χ3v) is 5.46. The first-order chi connectivity index (χ1) is 16.1. The predicted octanol–water partition coefficient (Wildman–Crippen LogP) is 4.58. The highest BCUT2D eigenvalue weighted by Crippen LogP contribution is 2.22. The zero-order chi connectivity index (χ0) is 25.0. The highest BCUT2D eigenvalue weighted by Gasteiger charge is 2.21. The summed E-state index contributed by atoms with van der Waals surface area (Å²) in [6.07, 6.45) is 2.06. The predicted molar refractivity (Wildman–Crippen MR) is 132 cm³/mol. The Kier molecular flexibility index (Phi) is 10.6. The van der Waals surface area contributed by atoms with E-state index >= 15 is 0 Å². The number of amides is 2. The Hall–Kier alpha value is -3.35. The number of hydrogen-bond acceptors (Lipinski definition) is 4. The third kappa shape index (κ3) is 10.1. The average Bonchev–Trinajstić information content (AvgIpc) is 2.80. The molecule has 0 spiro atoms. The van der Waals surface area contributed by atoms with Crippen LogP contribution in [0, 0.1) is 0 Å². The molecule has 0 saturated carbocycles. The molecule has 0 bridgehead atoms. The maximum Gasteiger partial charge on any atom is 0.407 e. The van der Waals surface area contributed by atoms with E-state index in [2.05, 4.69) is 31.4 Å². The van der Waals surface area contributed by atoms with Crippen LogP contribution in [-0.2, 0) is 32.8 Å². The quantitative estimate of drug-likeness (QED) is 0.396. The zero-order valence-corrected chi connectivity index (χ0v) is 20.3. The molecule has 34 heavy (non-hydrogen) atoms. The van der Waals surface area contributed by atoms with Crippen LogP contribution in [0.4, 0.5) is 4.79 Å². The average molecular weight is 469 g/mol. The Labute approximate surface area is 201 Å². The fraction of sp³-hybridized carbons (Fsp3) is 0.444. The molecule has 0 fully saturated rings. The van der Waals surface area contributed by atoms with Crippen molar-refractivity contribution in [1.82, 2.24) is 10.6 Å². The Morgan fingerprint density at radius 3 is 2.21 bits per heavy atom. The molecule has 0 aliphatic heterocycles. The van der Waals surface area contributed by atoms with E-state index in [1.54, 1.807) is 0 Å². The molecule has 3 N–H and O–H groups in total. The Morgan fingerprint density at radius 2 is 1.59 bits per heavy atom. The summed E-state index contributed by atoms with van der Waals surface area (Å²) in [6, 6.07) is 16.3. The van der Waals surface area contributed by atoms with Crippen LogP contribution >= 0.6 is 0 Å². The van der Waals surface area contributed by atoms with E-state index in [9.17, 15) is 19.5 Å². The van der Waals surface area contributed by atoms with Crippen LogP contribution in [0.1, 0.15) is 63.1 Å². The van der Waals surface area contributed by atoms with Gasteiger partial charge in [-0.3, -0.25) is 4.79 Å². The topological polar surface area (TPSA) is 105 Å². The number of alkyl carbamates (subject to hydrolysis) is 1. The van der Waals surface area contributed by atoms with Crippen LogP contribution in [-0.4, -0.2) is 35.7 Å². The van der Waals surface area contributed by atoms with Crippen molar-refractivity contribution in [2.75, 3.05) is 6.54 Å². The van der Waals surface area contributed by atoms with Crippen LogP contribution in [0.3, 0.4) is 0 Å². The number of unbranched alkanes of at least 4 members (excludes halogenated alkanes) is 2. The summed E-state index contributed by atoms with van der Waals surface area (Å²) >= 11 is 0. The van der Waals surface area contributed by atoms with Gasteiger partial charge >= 0.3 is 12.1 Å². The lowest BCUT2D eigenvalue weighted by molar-refractivity contribution is -0.141. The van der Waals surface area contributed by atoms with Crippen LogP contribution < -0.4 is 10.6 Å². The van der Waals surface area contributed by atoms with E-state index in [1.807, 2.05) is 54.6 Å². The molecule has 7 nitrogen and oxygen atoms in total. The van der Waals surface area contributed by atoms with Gasteiger partial charge in [0.15, 0.2) is 0 Å². The molecule has 2 rings (SSSR count). The molecule has 0 unspecified atom stereocenters. The minimum Gasteiger partial charge on any atom is -0.480 e. The lowest BCUT2D eigenvalue weighted by Gasteiger charge is -2.20. The Balaban J connectivity index is 1.63. The normalized spacial score (nSPS) is 12.0. The van der Waals surface area contributed by atoms with Crippen molar-refractivity contribution in [2.24, 2.45) is 0 Å². The van der Waals surface area contributed by atoms with Crippen LogP contribution in [0.2, 0.25) is 0 Å². The molecule has 0 radical (unpaired) electrons. The molecule has 184 valence electrons. The molecule has 7 heteroatoms. The zero-order valence-electron chi connectivity index (χ0n) is 20.3. The summed E-state index contributed by atoms with van der Waals surface area (Å²) in [5.74, 6) is -1.33. The van der Waals surface area contributed by atoms with Crippen molar-refractivity contribution < 1.29 is 24.2 Å². The van der Waals surface area contributed by atoms with E-state index in [1.165, 1.54) is 5.56 Å². The van der Waals surface area contributed by atoms with Gasteiger partial charge in [0.1, 0.15) is 12.6 Å². The van der Waals surface area contributed by atoms with Gasteiger partial charge in [-0.15, -0.1) is 0 Å². The van der Waals surface area contributed by atoms with Crippen molar-refractivity contribution in [3.63, 3.8) is 0 Å². The standard InChI is InChI=1S/C27H36N2O5/c1-27(2,3)22-15-13-20(14-16-22)18-23(25(31)32)29-24(30)12-8-5-9-17-28-26(33)34-19-21-10-6-4-7-11-21/h4,6-7,10-11,13-16,23H,5,8-9,12,17-19H2,1-3H3,(H,28,33)(H,29,30)(H,31,32)/t23-/m1/s1. The number of carbonyl (C=O) groups excluding carboxylic acids is 2. The van der Waals surface area contributed by atoms with Gasteiger partial charge in [0, 0.05) is 19.4 Å². The molecule has 0 aromatic heterocycles. The number of hydrogen-bond donors (Lipinski definition) is 3. The Morgan fingerprint density at radius 1 is 0.912 bits per heavy atom. The van der Waals surface area contributed by atoms with E-state index in [0.29, 0.717) is 19.4 Å². The summed E-state index contributed by atoms with van der Waals surface area (Å²) in [7, 11) is 0. The molecule has 0 heterocycles. The molecular formula is C27H36N2O5. The monoisotopic (exact) mass is 468 g/mol. The van der Waals surface area contributed by atoms with Gasteiger partial charge in [0.2, 0.25) is 5.91 Å². The first-order valence-electron chi connectivity index (χ1n) is 11.7. The highest BCUT2D eigenvalue weighted by atomic mass is 16.5. The first kappa shape index (κ1) is 26.9. The van der Waals surface area contributed by atoms with E-state index in [0.717, 1.165) is 17.5 Å². The number of carboxylic acids is 1. The van der Waals surface area contributed by atoms with Gasteiger partial charge in [-0.1, -0.05) is 81.8 Å². The summed E-state index contributed by atoms with van der Waals surface area (Å²) in [5, 5.41) is 14.8. The van der Waals surface area contributed by atoms with Crippen LogP contribution in [0.5, 0.6) is 0 Å². The number of benzene rings is 2. The van der Waals surface area contributed by atoms with Crippen molar-refractivity contribution in [3.05, 3.63) is 71.3 Å². The van der Waals surface area contributed by atoms with Crippen molar-refractivity contribution in [1.29, 1.82) is 0 Å². The number of carbonyl (C=O) groups is 3. The molecule has 0 saturated heterocycles. The van der Waals surface area contributed by atoms with E-state index in [-0.39, 0.29) is 30.8 Å². The van der Waals surface area contributed by atoms with E-state index < -0.39 is 18.1 Å². The second-order valence-electron chi connectivity index (χ2n) is 9.41. The lowest BCUT2D eigenvalue weighted by atomic mass is 9.86. The molecule has 0 aliphatic carbocycles. The van der Waals surface area contributed by atoms with Gasteiger partial charge < -0.3 is 20.5 Å². The van der Waals surface area contributed by atoms with Gasteiger partial charge in [-0.05, 0) is 34.9 Å². The minimum absolute atomic E-state index is 0.0247. The summed E-state index contributed by atoms with van der Waals surface area (Å²) in [5.41, 5.74) is 2.99. The molecule has 0 aliphatic rings. The van der Waals surface area contributed by atoms with Crippen molar-refractivity contribution in [3.8, 4) is 0 Å². The largest absolute Gasteiger partial charge is 0.480 e. The maximum absolute atomic E-state index is 12.2. The Bertz CT molecular complexity index is 920. The van der Waals surface area contributed by atoms with Gasteiger partial charge in [0.05, 0.1) is 0 Å². The number of carboxylic acid groups (broad SMARTS) is 1. The SMILES string of the molecule is CC(C)(C)c1ccc(C[C@@H](NC(=O)CCCCCNC(=O)OCc2ccccc2)C(=O)O)cc1. The fourth-order valence-corrected chi connectivity index (χ4v) is 3.40. The summed E-state index contributed by atoms with van der Waals surface area (Å²) in [6.45, 7) is 7.04. The molecular weight excluding hydrogens is 432 g/mol. The van der Waals surface area contributed by atoms with Gasteiger partial charge in [0.25, 0.3) is 0 Å². The minimum atomic E-state index is -1.05. The van der Waals surface area contributed by atoms with E-state index in [4.69, 9.17) is 4.74 Å². The second-order valence-corrected chi connectivity index (χ2v) is 9.41. The van der Waals surface area contributed by atoms with Crippen molar-refractivity contribution in [2.45, 2.75) is 70.9 Å². The third-order valence-electron chi connectivity index (χ3n) is 5.46. The fourth-order valence-electron chi connectivity index (χ4n) is 3.40. The second kappa shape index (κ2) is 13.4. The van der Waals surface area contributed by atoms with Gasteiger partial charge in [-0.25, -0.2) is 9.59 Å². The summed E-state index contributed by atoms with van der Waals surface area (Å²) < 4.78 is 5.14. The number of aliphatic carboxylic acids is 1. The number of rotatable bonds is 12. The number of nitrogens with one attached hydrogen (secondary N) is 2. The summed E-state index contributed by atoms with van der Waals surface area (Å²) in [4.78, 5) is 35.6. The molecule has 2 amide bonds. The molecule has 2 aromatic rings.